The molecule has 142 valence electrons. The fourth-order valence-corrected chi connectivity index (χ4v) is 4.03. The van der Waals surface area contributed by atoms with Gasteiger partial charge in [-0.15, -0.1) is 11.3 Å². The Morgan fingerprint density at radius 2 is 1.78 bits per heavy atom. The maximum absolute atomic E-state index is 12.9. The van der Waals surface area contributed by atoms with Gasteiger partial charge in [-0.3, -0.25) is 4.72 Å². The van der Waals surface area contributed by atoms with Crippen LogP contribution in [0.15, 0.2) is 58.9 Å². The maximum atomic E-state index is 12.9. The Morgan fingerprint density at radius 1 is 1.07 bits per heavy atom. The summed E-state index contributed by atoms with van der Waals surface area (Å²) < 4.78 is 71.0. The summed E-state index contributed by atoms with van der Waals surface area (Å²) in [7, 11) is -3.81. The van der Waals surface area contributed by atoms with E-state index in [4.69, 9.17) is 4.74 Å². The summed E-state index contributed by atoms with van der Waals surface area (Å²) in [6.07, 6.45) is -3.01. The molecule has 0 saturated heterocycles. The molecular formula is C17H13F3N2O3S2. The highest BCUT2D eigenvalue weighted by Crippen LogP contribution is 2.34. The van der Waals surface area contributed by atoms with Crippen molar-refractivity contribution >= 4 is 26.5 Å². The van der Waals surface area contributed by atoms with E-state index in [1.54, 1.807) is 5.38 Å². The van der Waals surface area contributed by atoms with Gasteiger partial charge in [0.2, 0.25) is 0 Å². The van der Waals surface area contributed by atoms with Gasteiger partial charge in [0.1, 0.15) is 11.5 Å². The van der Waals surface area contributed by atoms with Crippen LogP contribution in [0.25, 0.3) is 0 Å². The molecule has 3 rings (SSSR count). The maximum Gasteiger partial charge on any atom is 0.416 e. The highest BCUT2D eigenvalue weighted by molar-refractivity contribution is 7.93. The summed E-state index contributed by atoms with van der Waals surface area (Å²) in [5, 5.41) is 1.86. The average molecular weight is 414 g/mol. The van der Waals surface area contributed by atoms with Crippen molar-refractivity contribution in [1.29, 1.82) is 0 Å². The van der Waals surface area contributed by atoms with Gasteiger partial charge in [-0.25, -0.2) is 13.4 Å². The second kappa shape index (κ2) is 7.20. The molecule has 27 heavy (non-hydrogen) atoms. The van der Waals surface area contributed by atoms with Crippen LogP contribution in [-0.4, -0.2) is 13.4 Å². The molecule has 0 saturated carbocycles. The summed E-state index contributed by atoms with van der Waals surface area (Å²) in [6, 6.07) is 8.70. The van der Waals surface area contributed by atoms with Crippen LogP contribution in [0, 0.1) is 6.92 Å². The summed E-state index contributed by atoms with van der Waals surface area (Å²) in [6.45, 7) is 1.53. The van der Waals surface area contributed by atoms with Crippen LogP contribution in [0.3, 0.4) is 0 Å². The van der Waals surface area contributed by atoms with Crippen molar-refractivity contribution in [2.45, 2.75) is 18.0 Å². The highest BCUT2D eigenvalue weighted by atomic mass is 32.2. The number of benzene rings is 2. The van der Waals surface area contributed by atoms with Crippen LogP contribution in [0.2, 0.25) is 0 Å². The Labute approximate surface area is 157 Å². The van der Waals surface area contributed by atoms with Gasteiger partial charge in [0, 0.05) is 11.6 Å². The van der Waals surface area contributed by atoms with Gasteiger partial charge < -0.3 is 4.74 Å². The van der Waals surface area contributed by atoms with E-state index in [-0.39, 0.29) is 21.5 Å². The largest absolute Gasteiger partial charge is 0.457 e. The van der Waals surface area contributed by atoms with E-state index in [1.165, 1.54) is 43.5 Å². The van der Waals surface area contributed by atoms with E-state index in [1.807, 2.05) is 0 Å². The van der Waals surface area contributed by atoms with Crippen LogP contribution >= 0.6 is 11.3 Å². The molecule has 5 nitrogen and oxygen atoms in total. The molecule has 0 spiro atoms. The molecule has 0 radical (unpaired) electrons. The van der Waals surface area contributed by atoms with E-state index in [0.717, 1.165) is 23.5 Å². The first-order valence-electron chi connectivity index (χ1n) is 7.53. The molecule has 0 bridgehead atoms. The second-order valence-electron chi connectivity index (χ2n) is 5.55. The van der Waals surface area contributed by atoms with Crippen molar-refractivity contribution in [3.05, 3.63) is 65.2 Å². The van der Waals surface area contributed by atoms with E-state index < -0.39 is 21.8 Å². The number of anilines is 1. The molecule has 10 heteroatoms. The van der Waals surface area contributed by atoms with Crippen molar-refractivity contribution in [3.63, 3.8) is 0 Å². The summed E-state index contributed by atoms with van der Waals surface area (Å²) in [5.41, 5.74) is -0.420. The number of ether oxygens (including phenoxy) is 1. The van der Waals surface area contributed by atoms with Crippen LogP contribution < -0.4 is 9.46 Å². The first-order valence-corrected chi connectivity index (χ1v) is 9.89. The third-order valence-electron chi connectivity index (χ3n) is 3.40. The normalized spacial score (nSPS) is 12.0. The van der Waals surface area contributed by atoms with E-state index in [0.29, 0.717) is 5.56 Å². The van der Waals surface area contributed by atoms with Gasteiger partial charge >= 0.3 is 6.18 Å². The Kier molecular flexibility index (Phi) is 5.11. The lowest BCUT2D eigenvalue weighted by Crippen LogP contribution is -2.12. The molecular weight excluding hydrogens is 401 g/mol. The van der Waals surface area contributed by atoms with Gasteiger partial charge in [0.25, 0.3) is 10.0 Å². The average Bonchev–Trinajstić information content (AvgIpc) is 3.06. The van der Waals surface area contributed by atoms with Gasteiger partial charge in [-0.2, -0.15) is 13.2 Å². The lowest BCUT2D eigenvalue weighted by atomic mass is 10.1. The number of sulfonamides is 1. The number of thiazole rings is 1. The number of halogens is 3. The molecule has 3 aromatic rings. The summed E-state index contributed by atoms with van der Waals surface area (Å²) in [5.74, 6) is 0.223. The highest BCUT2D eigenvalue weighted by Gasteiger charge is 2.31. The standard InChI is InChI=1S/C17H13F3N2O3S2/c1-11-8-12(17(18,19)20)10-14(9-11)25-13-2-4-15(5-3-13)27(23,24)22-16-21-6-7-26-16/h2-10H,1H3,(H,21,22). The number of aromatic nitrogens is 1. The summed E-state index contributed by atoms with van der Waals surface area (Å²) >= 11 is 1.14. The SMILES string of the molecule is Cc1cc(Oc2ccc(S(=O)(=O)Nc3nccs3)cc2)cc(C(F)(F)F)c1. The number of aryl methyl sites for hydroxylation is 1. The number of nitrogens with zero attached hydrogens (tertiary/aromatic N) is 1. The van der Waals surface area contributed by atoms with Crippen molar-refractivity contribution in [1.82, 2.24) is 4.98 Å². The van der Waals surface area contributed by atoms with Crippen molar-refractivity contribution < 1.29 is 26.3 Å². The molecule has 0 aliphatic carbocycles. The van der Waals surface area contributed by atoms with Crippen LogP contribution in [0.4, 0.5) is 18.3 Å². The van der Waals surface area contributed by atoms with Gasteiger partial charge in [-0.05, 0) is 55.0 Å². The fraction of sp³-hybridized carbons (Fsp3) is 0.118. The number of nitrogens with one attached hydrogen (secondary N) is 1. The third kappa shape index (κ3) is 4.77. The van der Waals surface area contributed by atoms with Crippen LogP contribution in [0.1, 0.15) is 11.1 Å². The number of hydrogen-bond donors (Lipinski definition) is 1. The Bertz CT molecular complexity index is 1030. The predicted octanol–water partition coefficient (Wildman–Crippen LogP) is 5.06. The molecule has 1 N–H and O–H groups in total. The minimum atomic E-state index is -4.48. The molecule has 0 fully saturated rings. The molecule has 0 atom stereocenters. The molecule has 1 aromatic heterocycles. The Morgan fingerprint density at radius 3 is 2.37 bits per heavy atom. The monoisotopic (exact) mass is 414 g/mol. The molecule has 0 amide bonds. The Balaban J connectivity index is 1.79. The molecule has 0 aliphatic heterocycles. The molecule has 2 aromatic carbocycles. The zero-order valence-corrected chi connectivity index (χ0v) is 15.5. The Hall–Kier alpha value is -2.59. The van der Waals surface area contributed by atoms with E-state index >= 15 is 0 Å². The fourth-order valence-electron chi connectivity index (χ4n) is 2.24. The number of alkyl halides is 3. The minimum Gasteiger partial charge on any atom is -0.457 e. The van der Waals surface area contributed by atoms with Gasteiger partial charge in [-0.1, -0.05) is 0 Å². The zero-order valence-electron chi connectivity index (χ0n) is 13.8. The van der Waals surface area contributed by atoms with E-state index in [2.05, 4.69) is 9.71 Å². The quantitative estimate of drug-likeness (QED) is 0.633. The van der Waals surface area contributed by atoms with Gasteiger partial charge in [0.05, 0.1) is 10.5 Å². The van der Waals surface area contributed by atoms with Gasteiger partial charge in [0.15, 0.2) is 5.13 Å². The van der Waals surface area contributed by atoms with Crippen LogP contribution in [0.5, 0.6) is 11.5 Å². The van der Waals surface area contributed by atoms with Crippen LogP contribution in [-0.2, 0) is 16.2 Å². The minimum absolute atomic E-state index is 0.0128. The van der Waals surface area contributed by atoms with Crippen molar-refractivity contribution in [2.75, 3.05) is 4.72 Å². The first kappa shape index (κ1) is 19.2. The lowest BCUT2D eigenvalue weighted by Gasteiger charge is -2.12. The molecule has 1 heterocycles. The lowest BCUT2D eigenvalue weighted by molar-refractivity contribution is -0.137. The molecule has 0 aliphatic rings. The first-order chi connectivity index (χ1) is 12.6. The second-order valence-corrected chi connectivity index (χ2v) is 8.13. The predicted molar refractivity (Wildman–Crippen MR) is 95.6 cm³/mol. The molecule has 0 unspecified atom stereocenters. The third-order valence-corrected chi connectivity index (χ3v) is 5.57. The van der Waals surface area contributed by atoms with Crippen molar-refractivity contribution in [2.24, 2.45) is 0 Å². The van der Waals surface area contributed by atoms with E-state index in [9.17, 15) is 21.6 Å². The topological polar surface area (TPSA) is 68.3 Å². The number of rotatable bonds is 5. The zero-order chi connectivity index (χ0) is 19.7. The van der Waals surface area contributed by atoms with Crippen molar-refractivity contribution in [3.8, 4) is 11.5 Å². The number of hydrogen-bond acceptors (Lipinski definition) is 5. The summed E-state index contributed by atoms with van der Waals surface area (Å²) in [4.78, 5) is 3.83. The smallest absolute Gasteiger partial charge is 0.416 e.